The fourth-order valence-electron chi connectivity index (χ4n) is 4.47. The zero-order valence-electron chi connectivity index (χ0n) is 23.1. The number of nitrogens with zero attached hydrogens (tertiary/aromatic N) is 1. The summed E-state index contributed by atoms with van der Waals surface area (Å²) >= 11 is 0. The van der Waals surface area contributed by atoms with E-state index in [0.29, 0.717) is 23.1 Å². The number of amides is 1. The lowest BCUT2D eigenvalue weighted by atomic mass is 9.96. The minimum atomic E-state index is -0.195. The van der Waals surface area contributed by atoms with Gasteiger partial charge in [0.05, 0.1) is 0 Å². The van der Waals surface area contributed by atoms with Gasteiger partial charge in [0, 0.05) is 23.5 Å². The Morgan fingerprint density at radius 2 is 1.61 bits per heavy atom. The highest BCUT2D eigenvalue weighted by atomic mass is 16.1. The minimum absolute atomic E-state index is 0.0835. The molecule has 0 radical (unpaired) electrons. The number of fused-ring (bicyclic) bond motifs is 1. The first kappa shape index (κ1) is 28.9. The molecule has 1 aliphatic carbocycles. The summed E-state index contributed by atoms with van der Waals surface area (Å²) in [5, 5.41) is 6.45. The van der Waals surface area contributed by atoms with Crippen LogP contribution in [0.1, 0.15) is 81.2 Å². The molecule has 0 saturated heterocycles. The van der Waals surface area contributed by atoms with Crippen LogP contribution in [0.3, 0.4) is 0 Å². The van der Waals surface area contributed by atoms with Crippen LogP contribution in [0.4, 0.5) is 17.2 Å². The Balaban J connectivity index is 0.00000109. The molecule has 0 unspecified atom stereocenters. The Hall–Kier alpha value is -3.34. The van der Waals surface area contributed by atoms with Crippen LogP contribution in [-0.2, 0) is 25.7 Å². The Morgan fingerprint density at radius 1 is 0.972 bits per heavy atom. The van der Waals surface area contributed by atoms with E-state index in [2.05, 4.69) is 66.7 Å². The van der Waals surface area contributed by atoms with E-state index >= 15 is 0 Å². The van der Waals surface area contributed by atoms with E-state index in [-0.39, 0.29) is 11.9 Å². The van der Waals surface area contributed by atoms with Crippen LogP contribution in [-0.4, -0.2) is 16.9 Å². The van der Waals surface area contributed by atoms with Gasteiger partial charge in [-0.15, -0.1) is 0 Å². The summed E-state index contributed by atoms with van der Waals surface area (Å²) in [4.78, 5) is 17.4. The Bertz CT molecular complexity index is 1100. The van der Waals surface area contributed by atoms with Crippen molar-refractivity contribution in [3.8, 4) is 0 Å². The van der Waals surface area contributed by atoms with Gasteiger partial charge >= 0.3 is 0 Å². The quantitative estimate of drug-likeness (QED) is 0.331. The van der Waals surface area contributed by atoms with E-state index < -0.39 is 0 Å². The van der Waals surface area contributed by atoms with Gasteiger partial charge < -0.3 is 16.4 Å². The molecular formula is C31H44N4O. The van der Waals surface area contributed by atoms with Crippen molar-refractivity contribution in [1.82, 2.24) is 10.3 Å². The van der Waals surface area contributed by atoms with Gasteiger partial charge in [0.2, 0.25) is 0 Å². The largest absolute Gasteiger partial charge is 0.399 e. The zero-order chi connectivity index (χ0) is 26.7. The number of rotatable bonds is 7. The summed E-state index contributed by atoms with van der Waals surface area (Å²) in [6, 6.07) is 18.2. The second kappa shape index (κ2) is 14.3. The molecule has 4 rings (SSSR count). The summed E-state index contributed by atoms with van der Waals surface area (Å²) in [6.07, 6.45) is 3.73. The maximum atomic E-state index is 12.9. The molecule has 0 aliphatic heterocycles. The van der Waals surface area contributed by atoms with Crippen molar-refractivity contribution in [2.45, 2.75) is 80.2 Å². The van der Waals surface area contributed by atoms with Crippen LogP contribution in [0.15, 0.2) is 54.6 Å². The number of benzene rings is 2. The molecule has 0 fully saturated rings. The molecular weight excluding hydrogens is 444 g/mol. The molecule has 1 heterocycles. The highest BCUT2D eigenvalue weighted by Crippen LogP contribution is 2.24. The van der Waals surface area contributed by atoms with Crippen LogP contribution in [0.2, 0.25) is 0 Å². The smallest absolute Gasteiger partial charge is 0.270 e. The van der Waals surface area contributed by atoms with Crippen molar-refractivity contribution in [3.63, 3.8) is 0 Å². The Morgan fingerprint density at radius 3 is 2.19 bits per heavy atom. The molecule has 5 heteroatoms. The number of carbonyl (C=O) groups excluding carboxylic acids is 1. The van der Waals surface area contributed by atoms with Crippen molar-refractivity contribution in [2.24, 2.45) is 5.92 Å². The normalized spacial score (nSPS) is 12.1. The van der Waals surface area contributed by atoms with Crippen LogP contribution in [0.25, 0.3) is 0 Å². The van der Waals surface area contributed by atoms with Crippen molar-refractivity contribution >= 4 is 23.1 Å². The fourth-order valence-corrected chi connectivity index (χ4v) is 4.47. The minimum Gasteiger partial charge on any atom is -0.399 e. The summed E-state index contributed by atoms with van der Waals surface area (Å²) < 4.78 is 0. The average Bonchev–Trinajstić information content (AvgIpc) is 3.29. The van der Waals surface area contributed by atoms with Crippen molar-refractivity contribution < 1.29 is 4.79 Å². The lowest BCUT2D eigenvalue weighted by molar-refractivity contribution is 0.0933. The summed E-state index contributed by atoms with van der Waals surface area (Å²) in [6.45, 7) is 14.6. The van der Waals surface area contributed by atoms with E-state index in [4.69, 9.17) is 5.73 Å². The molecule has 1 aromatic heterocycles. The highest BCUT2D eigenvalue weighted by Gasteiger charge is 2.23. The van der Waals surface area contributed by atoms with Gasteiger partial charge in [-0.1, -0.05) is 78.8 Å². The molecule has 36 heavy (non-hydrogen) atoms. The van der Waals surface area contributed by atoms with Crippen LogP contribution in [0, 0.1) is 5.92 Å². The predicted molar refractivity (Wildman–Crippen MR) is 154 cm³/mol. The topological polar surface area (TPSA) is 80.0 Å². The monoisotopic (exact) mass is 488 g/mol. The molecule has 1 aliphatic rings. The predicted octanol–water partition coefficient (Wildman–Crippen LogP) is 7.12. The first-order valence-corrected chi connectivity index (χ1v) is 13.4. The number of nitrogens with one attached hydrogen (secondary N) is 2. The van der Waals surface area contributed by atoms with Gasteiger partial charge in [0.15, 0.2) is 0 Å². The third-order valence-corrected chi connectivity index (χ3v) is 5.95. The SMILES string of the molecule is CC.CC.CCc1cc(Nc2cc(N)cc(C(=O)NC3Cc4ccccc4C3)n2)ccc1CC(C)C. The van der Waals surface area contributed by atoms with Crippen LogP contribution >= 0.6 is 0 Å². The molecule has 3 aromatic rings. The maximum absolute atomic E-state index is 12.9. The molecule has 0 atom stereocenters. The first-order valence-electron chi connectivity index (χ1n) is 13.4. The van der Waals surface area contributed by atoms with Crippen LogP contribution < -0.4 is 16.4 Å². The number of hydrogen-bond donors (Lipinski definition) is 3. The number of nitrogen functional groups attached to an aromatic ring is 1. The van der Waals surface area contributed by atoms with Gasteiger partial charge in [-0.05, 0) is 72.1 Å². The van der Waals surface area contributed by atoms with Crippen LogP contribution in [0.5, 0.6) is 0 Å². The number of nitrogens with two attached hydrogens (primary N) is 1. The second-order valence-corrected chi connectivity index (χ2v) is 9.08. The Labute approximate surface area is 217 Å². The van der Waals surface area contributed by atoms with Crippen molar-refractivity contribution in [3.05, 3.63) is 82.5 Å². The summed E-state index contributed by atoms with van der Waals surface area (Å²) in [5.74, 6) is 0.992. The lowest BCUT2D eigenvalue weighted by Gasteiger charge is -2.15. The fraction of sp³-hybridized carbons (Fsp3) is 0.419. The van der Waals surface area contributed by atoms with E-state index in [1.807, 2.05) is 39.8 Å². The highest BCUT2D eigenvalue weighted by molar-refractivity contribution is 5.94. The summed E-state index contributed by atoms with van der Waals surface area (Å²) in [7, 11) is 0. The number of aromatic nitrogens is 1. The van der Waals surface area contributed by atoms with E-state index in [1.165, 1.54) is 22.3 Å². The van der Waals surface area contributed by atoms with Gasteiger partial charge in [-0.3, -0.25) is 4.79 Å². The molecule has 0 spiro atoms. The molecule has 4 N–H and O–H groups in total. The standard InChI is InChI=1S/C27H32N4O.2C2H6/c1-4-18-12-23(10-9-21(18)11-17(2)3)29-26-16-22(28)15-25(31-26)27(32)30-24-13-19-7-5-6-8-20(19)14-24;2*1-2/h5-10,12,15-17,24H,4,11,13-14H2,1-3H3,(H,30,32)(H3,28,29,31);2*1-2H3. The molecule has 1 amide bonds. The first-order chi connectivity index (χ1) is 17.4. The average molecular weight is 489 g/mol. The van der Waals surface area contributed by atoms with E-state index in [9.17, 15) is 4.79 Å². The van der Waals surface area contributed by atoms with Crippen molar-refractivity contribution in [2.75, 3.05) is 11.1 Å². The Kier molecular flexibility index (Phi) is 11.5. The molecule has 0 saturated carbocycles. The lowest BCUT2D eigenvalue weighted by Crippen LogP contribution is -2.35. The third-order valence-electron chi connectivity index (χ3n) is 5.95. The number of hydrogen-bond acceptors (Lipinski definition) is 4. The van der Waals surface area contributed by atoms with Gasteiger partial charge in [-0.25, -0.2) is 4.98 Å². The van der Waals surface area contributed by atoms with Gasteiger partial charge in [0.1, 0.15) is 11.5 Å². The number of pyridine rings is 1. The molecule has 2 aromatic carbocycles. The van der Waals surface area contributed by atoms with Gasteiger partial charge in [0.25, 0.3) is 5.91 Å². The third kappa shape index (κ3) is 7.84. The number of anilines is 3. The zero-order valence-corrected chi connectivity index (χ0v) is 23.1. The second-order valence-electron chi connectivity index (χ2n) is 9.08. The number of aryl methyl sites for hydroxylation is 1. The van der Waals surface area contributed by atoms with Crippen molar-refractivity contribution in [1.29, 1.82) is 0 Å². The molecule has 0 bridgehead atoms. The van der Waals surface area contributed by atoms with E-state index in [0.717, 1.165) is 31.4 Å². The summed E-state index contributed by atoms with van der Waals surface area (Å²) in [5.41, 5.74) is 13.2. The molecule has 194 valence electrons. The van der Waals surface area contributed by atoms with Gasteiger partial charge in [-0.2, -0.15) is 0 Å². The molecule has 5 nitrogen and oxygen atoms in total. The number of carbonyl (C=O) groups is 1. The maximum Gasteiger partial charge on any atom is 0.270 e. The van der Waals surface area contributed by atoms with E-state index in [1.54, 1.807) is 12.1 Å².